The van der Waals surface area contributed by atoms with Crippen LogP contribution in [0, 0.1) is 5.92 Å². The molecule has 0 aliphatic rings. The molecule has 100 valence electrons. The van der Waals surface area contributed by atoms with Gasteiger partial charge < -0.3 is 14.8 Å². The smallest absolute Gasteiger partial charge is 0.252 e. The molecule has 4 nitrogen and oxygen atoms in total. The second-order valence-corrected chi connectivity index (χ2v) is 4.97. The first-order valence-corrected chi connectivity index (χ1v) is 6.48. The number of amides is 1. The summed E-state index contributed by atoms with van der Waals surface area (Å²) < 4.78 is 10.9. The number of methoxy groups -OCH3 is 2. The van der Waals surface area contributed by atoms with Crippen molar-refractivity contribution >= 4 is 21.8 Å². The highest BCUT2D eigenvalue weighted by molar-refractivity contribution is 9.10. The zero-order chi connectivity index (χ0) is 13.5. The van der Waals surface area contributed by atoms with Gasteiger partial charge in [0.25, 0.3) is 5.91 Å². The van der Waals surface area contributed by atoms with Gasteiger partial charge in [0, 0.05) is 18.1 Å². The highest BCUT2D eigenvalue weighted by atomic mass is 79.9. The molecule has 1 N–H and O–H groups in total. The molecular formula is C13H18BrNO3. The number of nitrogens with one attached hydrogen (secondary N) is 1. The van der Waals surface area contributed by atoms with Gasteiger partial charge in [-0.05, 0) is 40.0 Å². The number of hydrogen-bond donors (Lipinski definition) is 1. The van der Waals surface area contributed by atoms with Gasteiger partial charge in [0.15, 0.2) is 0 Å². The lowest BCUT2D eigenvalue weighted by molar-refractivity contribution is 0.0933. The first-order chi connectivity index (χ1) is 8.58. The lowest BCUT2D eigenvalue weighted by atomic mass is 10.1. The van der Waals surface area contributed by atoms with Crippen LogP contribution in [0.4, 0.5) is 0 Å². The van der Waals surface area contributed by atoms with E-state index in [0.29, 0.717) is 24.5 Å². The lowest BCUT2D eigenvalue weighted by Gasteiger charge is -2.12. The van der Waals surface area contributed by atoms with Crippen LogP contribution in [0.1, 0.15) is 17.3 Å². The Morgan fingerprint density at radius 3 is 2.78 bits per heavy atom. The fraction of sp³-hybridized carbons (Fsp3) is 0.462. The maximum atomic E-state index is 12.0. The van der Waals surface area contributed by atoms with Crippen LogP contribution in [-0.2, 0) is 4.74 Å². The van der Waals surface area contributed by atoms with Crippen LogP contribution in [0.2, 0.25) is 0 Å². The zero-order valence-electron chi connectivity index (χ0n) is 10.8. The summed E-state index contributed by atoms with van der Waals surface area (Å²) in [7, 11) is 3.22. The first-order valence-electron chi connectivity index (χ1n) is 5.69. The molecule has 1 aromatic carbocycles. The number of ether oxygens (including phenoxy) is 2. The van der Waals surface area contributed by atoms with Crippen molar-refractivity contribution in [3.05, 3.63) is 28.2 Å². The maximum Gasteiger partial charge on any atom is 0.252 e. The van der Waals surface area contributed by atoms with Gasteiger partial charge in [-0.3, -0.25) is 4.79 Å². The Hall–Kier alpha value is -1.07. The Balaban J connectivity index is 2.66. The number of halogens is 1. The van der Waals surface area contributed by atoms with E-state index in [4.69, 9.17) is 9.47 Å². The zero-order valence-corrected chi connectivity index (χ0v) is 12.4. The van der Waals surface area contributed by atoms with Gasteiger partial charge in [0.2, 0.25) is 0 Å². The van der Waals surface area contributed by atoms with E-state index in [1.807, 2.05) is 6.92 Å². The predicted molar refractivity (Wildman–Crippen MR) is 74.1 cm³/mol. The molecule has 1 rings (SSSR count). The molecule has 0 aliphatic carbocycles. The van der Waals surface area contributed by atoms with E-state index in [0.717, 1.165) is 4.47 Å². The molecule has 1 amide bonds. The Morgan fingerprint density at radius 1 is 1.44 bits per heavy atom. The van der Waals surface area contributed by atoms with Gasteiger partial charge in [-0.25, -0.2) is 0 Å². The molecule has 0 fully saturated rings. The minimum absolute atomic E-state index is 0.122. The molecule has 0 spiro atoms. The van der Waals surface area contributed by atoms with Crippen molar-refractivity contribution in [1.29, 1.82) is 0 Å². The second-order valence-electron chi connectivity index (χ2n) is 4.12. The molecule has 0 aromatic heterocycles. The predicted octanol–water partition coefficient (Wildman–Crippen LogP) is 2.47. The summed E-state index contributed by atoms with van der Waals surface area (Å²) in [5, 5.41) is 2.87. The van der Waals surface area contributed by atoms with E-state index < -0.39 is 0 Å². The molecule has 5 heteroatoms. The molecule has 18 heavy (non-hydrogen) atoms. The molecule has 0 heterocycles. The van der Waals surface area contributed by atoms with Gasteiger partial charge in [-0.15, -0.1) is 0 Å². The summed E-state index contributed by atoms with van der Waals surface area (Å²) in [4.78, 5) is 12.0. The molecule has 0 aliphatic heterocycles. The first kappa shape index (κ1) is 15.0. The average molecular weight is 316 g/mol. The van der Waals surface area contributed by atoms with Crippen molar-refractivity contribution in [2.24, 2.45) is 5.92 Å². The van der Waals surface area contributed by atoms with E-state index >= 15 is 0 Å². The van der Waals surface area contributed by atoms with Crippen molar-refractivity contribution < 1.29 is 14.3 Å². The molecular weight excluding hydrogens is 298 g/mol. The van der Waals surface area contributed by atoms with E-state index in [9.17, 15) is 4.79 Å². The number of rotatable bonds is 6. The minimum Gasteiger partial charge on any atom is -0.497 e. The highest BCUT2D eigenvalue weighted by Crippen LogP contribution is 2.22. The number of carbonyl (C=O) groups excluding carboxylic acids is 1. The molecule has 1 unspecified atom stereocenters. The van der Waals surface area contributed by atoms with Crippen molar-refractivity contribution in [3.8, 4) is 5.75 Å². The Labute approximate surface area is 116 Å². The molecule has 0 saturated carbocycles. The Kier molecular flexibility index (Phi) is 6.15. The summed E-state index contributed by atoms with van der Waals surface area (Å²) in [6.45, 7) is 3.22. The molecule has 0 bridgehead atoms. The van der Waals surface area contributed by atoms with E-state index in [1.54, 1.807) is 32.4 Å². The fourth-order valence-corrected chi connectivity index (χ4v) is 1.94. The summed E-state index contributed by atoms with van der Waals surface area (Å²) >= 11 is 3.36. The van der Waals surface area contributed by atoms with Crippen LogP contribution in [0.5, 0.6) is 5.75 Å². The average Bonchev–Trinajstić information content (AvgIpc) is 2.37. The van der Waals surface area contributed by atoms with Crippen LogP contribution in [0.25, 0.3) is 0 Å². The lowest BCUT2D eigenvalue weighted by Crippen LogP contribution is -2.30. The minimum atomic E-state index is -0.122. The molecule has 0 saturated heterocycles. The second kappa shape index (κ2) is 7.38. The SMILES string of the molecule is COCC(C)CNC(=O)c1cc(OC)ccc1Br. The van der Waals surface area contributed by atoms with Gasteiger partial charge in [-0.1, -0.05) is 6.92 Å². The third-order valence-corrected chi connectivity index (χ3v) is 3.17. The molecule has 0 radical (unpaired) electrons. The Bertz CT molecular complexity index is 409. The van der Waals surface area contributed by atoms with Crippen molar-refractivity contribution in [1.82, 2.24) is 5.32 Å². The quantitative estimate of drug-likeness (QED) is 0.877. The van der Waals surface area contributed by atoms with Gasteiger partial charge >= 0.3 is 0 Å². The van der Waals surface area contributed by atoms with E-state index in [2.05, 4.69) is 21.2 Å². The fourth-order valence-electron chi connectivity index (χ4n) is 1.51. The standard InChI is InChI=1S/C13H18BrNO3/c1-9(8-17-2)7-15-13(16)11-6-10(18-3)4-5-12(11)14/h4-6,9H,7-8H2,1-3H3,(H,15,16). The van der Waals surface area contributed by atoms with Crippen molar-refractivity contribution in [2.75, 3.05) is 27.4 Å². The van der Waals surface area contributed by atoms with E-state index in [-0.39, 0.29) is 11.8 Å². The number of carbonyl (C=O) groups is 1. The maximum absolute atomic E-state index is 12.0. The van der Waals surface area contributed by atoms with Crippen LogP contribution in [0.15, 0.2) is 22.7 Å². The number of benzene rings is 1. The summed E-state index contributed by atoms with van der Waals surface area (Å²) in [5.74, 6) is 0.820. The van der Waals surface area contributed by atoms with Crippen LogP contribution < -0.4 is 10.1 Å². The van der Waals surface area contributed by atoms with Gasteiger partial charge in [-0.2, -0.15) is 0 Å². The summed E-state index contributed by atoms with van der Waals surface area (Å²) in [6, 6.07) is 5.31. The Morgan fingerprint density at radius 2 is 2.17 bits per heavy atom. The van der Waals surface area contributed by atoms with Gasteiger partial charge in [0.1, 0.15) is 5.75 Å². The summed E-state index contributed by atoms with van der Waals surface area (Å²) in [5.41, 5.74) is 0.568. The molecule has 1 atom stereocenters. The molecule has 1 aromatic rings. The van der Waals surface area contributed by atoms with Gasteiger partial charge in [0.05, 0.1) is 19.3 Å². The van der Waals surface area contributed by atoms with E-state index in [1.165, 1.54) is 0 Å². The van der Waals surface area contributed by atoms with Crippen molar-refractivity contribution in [3.63, 3.8) is 0 Å². The largest absolute Gasteiger partial charge is 0.497 e. The number of hydrogen-bond acceptors (Lipinski definition) is 3. The van der Waals surface area contributed by atoms with Crippen LogP contribution in [0.3, 0.4) is 0 Å². The van der Waals surface area contributed by atoms with Crippen LogP contribution in [-0.4, -0.2) is 33.3 Å². The summed E-state index contributed by atoms with van der Waals surface area (Å²) in [6.07, 6.45) is 0. The normalized spacial score (nSPS) is 12.0. The van der Waals surface area contributed by atoms with Crippen LogP contribution >= 0.6 is 15.9 Å². The van der Waals surface area contributed by atoms with Crippen molar-refractivity contribution in [2.45, 2.75) is 6.92 Å². The third kappa shape index (κ3) is 4.31. The third-order valence-electron chi connectivity index (χ3n) is 2.48. The monoisotopic (exact) mass is 315 g/mol. The topological polar surface area (TPSA) is 47.6 Å². The highest BCUT2D eigenvalue weighted by Gasteiger charge is 2.12.